The highest BCUT2D eigenvalue weighted by molar-refractivity contribution is 5.96. The van der Waals surface area contributed by atoms with Crippen LogP contribution in [0, 0.1) is 6.92 Å². The van der Waals surface area contributed by atoms with E-state index in [-0.39, 0.29) is 17.8 Å². The van der Waals surface area contributed by atoms with Crippen LogP contribution in [0.1, 0.15) is 35.2 Å². The van der Waals surface area contributed by atoms with Gasteiger partial charge < -0.3 is 25.6 Å². The topological polar surface area (TPSA) is 99.8 Å². The maximum absolute atomic E-state index is 12.1. The summed E-state index contributed by atoms with van der Waals surface area (Å²) < 4.78 is 4.90. The molecule has 148 valence electrons. The van der Waals surface area contributed by atoms with Gasteiger partial charge in [-0.3, -0.25) is 9.59 Å². The Labute approximate surface area is 159 Å². The summed E-state index contributed by atoms with van der Waals surface area (Å²) in [6, 6.07) is 4.76. The van der Waals surface area contributed by atoms with E-state index in [4.69, 9.17) is 4.74 Å². The third-order valence-corrected chi connectivity index (χ3v) is 4.42. The molecule has 0 bridgehead atoms. The Morgan fingerprint density at radius 2 is 2.00 bits per heavy atom. The minimum atomic E-state index is -0.333. The predicted octanol–water partition coefficient (Wildman–Crippen LogP) is 1.51. The quantitative estimate of drug-likeness (QED) is 0.599. The Hall–Kier alpha value is -2.61. The molecule has 1 heterocycles. The molecule has 1 aliphatic rings. The first-order chi connectivity index (χ1) is 13.0. The number of carbonyl (C=O) groups is 3. The van der Waals surface area contributed by atoms with Crippen LogP contribution in [-0.4, -0.2) is 62.6 Å². The summed E-state index contributed by atoms with van der Waals surface area (Å²) in [7, 11) is 1.58. The normalized spacial score (nSPS) is 14.0. The molecular formula is C19H28N4O4. The van der Waals surface area contributed by atoms with Gasteiger partial charge in [0.15, 0.2) is 0 Å². The van der Waals surface area contributed by atoms with Crippen LogP contribution in [0.5, 0.6) is 0 Å². The molecule has 3 N–H and O–H groups in total. The Morgan fingerprint density at radius 1 is 1.19 bits per heavy atom. The average molecular weight is 376 g/mol. The summed E-state index contributed by atoms with van der Waals surface area (Å²) in [6.07, 6.45) is 2.56. The first-order valence-electron chi connectivity index (χ1n) is 9.21. The number of aryl methyl sites for hydroxylation is 1. The maximum atomic E-state index is 12.1. The predicted molar refractivity (Wildman–Crippen MR) is 103 cm³/mol. The van der Waals surface area contributed by atoms with Gasteiger partial charge in [-0.1, -0.05) is 0 Å². The molecule has 4 amide bonds. The fraction of sp³-hybridized carbons (Fsp3) is 0.526. The number of hydrogen-bond donors (Lipinski definition) is 3. The number of methoxy groups -OCH3 is 1. The van der Waals surface area contributed by atoms with E-state index in [1.807, 2.05) is 6.92 Å². The molecule has 0 aliphatic carbocycles. The summed E-state index contributed by atoms with van der Waals surface area (Å²) in [5, 5.41) is 8.29. The van der Waals surface area contributed by atoms with E-state index in [9.17, 15) is 14.4 Å². The zero-order valence-electron chi connectivity index (χ0n) is 16.0. The number of urea groups is 1. The fourth-order valence-electron chi connectivity index (χ4n) is 2.88. The Bertz CT molecular complexity index is 678. The fourth-order valence-corrected chi connectivity index (χ4v) is 2.88. The third kappa shape index (κ3) is 6.56. The number of hydrogen-bond acceptors (Lipinski definition) is 4. The number of carbonyl (C=O) groups excluding carboxylic acids is 3. The molecule has 27 heavy (non-hydrogen) atoms. The van der Waals surface area contributed by atoms with Gasteiger partial charge in [-0.15, -0.1) is 0 Å². The zero-order valence-corrected chi connectivity index (χ0v) is 16.0. The lowest BCUT2D eigenvalue weighted by Gasteiger charge is -2.26. The number of nitrogens with zero attached hydrogens (tertiary/aromatic N) is 1. The van der Waals surface area contributed by atoms with Crippen molar-refractivity contribution >= 4 is 23.5 Å². The van der Waals surface area contributed by atoms with Crippen LogP contribution in [0.2, 0.25) is 0 Å². The van der Waals surface area contributed by atoms with Gasteiger partial charge in [0.1, 0.15) is 0 Å². The van der Waals surface area contributed by atoms with E-state index in [1.165, 1.54) is 0 Å². The molecule has 0 unspecified atom stereocenters. The number of anilines is 1. The van der Waals surface area contributed by atoms with Gasteiger partial charge in [-0.2, -0.15) is 0 Å². The van der Waals surface area contributed by atoms with Gasteiger partial charge in [0.05, 0.1) is 6.61 Å². The van der Waals surface area contributed by atoms with Crippen molar-refractivity contribution in [3.8, 4) is 0 Å². The van der Waals surface area contributed by atoms with E-state index in [0.29, 0.717) is 43.9 Å². The number of nitrogens with one attached hydrogen (secondary N) is 3. The molecule has 1 fully saturated rings. The number of piperidine rings is 1. The van der Waals surface area contributed by atoms with Crippen molar-refractivity contribution in [2.24, 2.45) is 0 Å². The summed E-state index contributed by atoms with van der Waals surface area (Å²) in [5.74, 6) is -0.0315. The summed E-state index contributed by atoms with van der Waals surface area (Å²) in [4.78, 5) is 37.6. The number of likely N-dealkylation sites (tertiary alicyclic amines) is 1. The molecule has 0 spiro atoms. The van der Waals surface area contributed by atoms with E-state index < -0.39 is 0 Å². The Balaban J connectivity index is 1.79. The molecule has 1 aromatic carbocycles. The Kier molecular flexibility index (Phi) is 8.06. The van der Waals surface area contributed by atoms with Crippen molar-refractivity contribution in [3.05, 3.63) is 29.3 Å². The lowest BCUT2D eigenvalue weighted by Crippen LogP contribution is -2.41. The van der Waals surface area contributed by atoms with Crippen molar-refractivity contribution in [2.45, 2.75) is 26.2 Å². The average Bonchev–Trinajstić information content (AvgIpc) is 2.65. The number of ether oxygens (including phenoxy) is 1. The molecule has 0 aromatic heterocycles. The molecule has 2 rings (SSSR count). The van der Waals surface area contributed by atoms with E-state index >= 15 is 0 Å². The molecule has 0 atom stereocenters. The molecule has 1 saturated heterocycles. The third-order valence-electron chi connectivity index (χ3n) is 4.42. The van der Waals surface area contributed by atoms with Crippen LogP contribution in [0.4, 0.5) is 10.5 Å². The summed E-state index contributed by atoms with van der Waals surface area (Å²) in [5.41, 5.74) is 1.95. The number of amides is 4. The van der Waals surface area contributed by atoms with Gasteiger partial charge >= 0.3 is 6.03 Å². The van der Waals surface area contributed by atoms with E-state index in [0.717, 1.165) is 24.9 Å². The van der Waals surface area contributed by atoms with Gasteiger partial charge in [0.2, 0.25) is 5.91 Å². The van der Waals surface area contributed by atoms with Gasteiger partial charge in [0, 0.05) is 51.0 Å². The smallest absolute Gasteiger partial charge is 0.319 e. The largest absolute Gasteiger partial charge is 0.383 e. The standard InChI is InChI=1S/C19H28N4O4/c1-14-13-15(18(25)20-9-12-27-2)6-7-16(14)22-19(26)21-8-11-23-10-4-3-5-17(23)24/h6-7,13H,3-5,8-12H2,1-2H3,(H,20,25)(H2,21,22,26). The second-order valence-corrected chi connectivity index (χ2v) is 6.50. The lowest BCUT2D eigenvalue weighted by atomic mass is 10.1. The zero-order chi connectivity index (χ0) is 19.6. The molecule has 8 nitrogen and oxygen atoms in total. The highest BCUT2D eigenvalue weighted by Crippen LogP contribution is 2.16. The highest BCUT2D eigenvalue weighted by Gasteiger charge is 2.17. The second kappa shape index (κ2) is 10.5. The van der Waals surface area contributed by atoms with E-state index in [2.05, 4.69) is 16.0 Å². The summed E-state index contributed by atoms with van der Waals surface area (Å²) in [6.45, 7) is 4.40. The number of rotatable bonds is 8. The van der Waals surface area contributed by atoms with Gasteiger partial charge in [-0.05, 0) is 43.5 Å². The first-order valence-corrected chi connectivity index (χ1v) is 9.21. The molecule has 0 saturated carbocycles. The minimum absolute atomic E-state index is 0.152. The van der Waals surface area contributed by atoms with Crippen LogP contribution in [0.15, 0.2) is 18.2 Å². The monoisotopic (exact) mass is 376 g/mol. The maximum Gasteiger partial charge on any atom is 0.319 e. The molecule has 8 heteroatoms. The SMILES string of the molecule is COCCNC(=O)c1ccc(NC(=O)NCCN2CCCCC2=O)c(C)c1. The van der Waals surface area contributed by atoms with Crippen LogP contribution in [0.25, 0.3) is 0 Å². The lowest BCUT2D eigenvalue weighted by molar-refractivity contribution is -0.133. The van der Waals surface area contributed by atoms with Crippen molar-refractivity contribution in [1.82, 2.24) is 15.5 Å². The van der Waals surface area contributed by atoms with Gasteiger partial charge in [-0.25, -0.2) is 4.79 Å². The van der Waals surface area contributed by atoms with Crippen LogP contribution >= 0.6 is 0 Å². The Morgan fingerprint density at radius 3 is 2.70 bits per heavy atom. The van der Waals surface area contributed by atoms with Gasteiger partial charge in [0.25, 0.3) is 5.91 Å². The van der Waals surface area contributed by atoms with Crippen LogP contribution < -0.4 is 16.0 Å². The summed E-state index contributed by atoms with van der Waals surface area (Å²) >= 11 is 0. The van der Waals surface area contributed by atoms with Crippen LogP contribution in [-0.2, 0) is 9.53 Å². The van der Waals surface area contributed by atoms with Crippen LogP contribution in [0.3, 0.4) is 0 Å². The van der Waals surface area contributed by atoms with Crippen molar-refractivity contribution in [2.75, 3.05) is 45.2 Å². The van der Waals surface area contributed by atoms with Crippen molar-refractivity contribution in [1.29, 1.82) is 0 Å². The molecule has 1 aliphatic heterocycles. The van der Waals surface area contributed by atoms with E-state index in [1.54, 1.807) is 30.2 Å². The number of benzene rings is 1. The molecule has 1 aromatic rings. The molecular weight excluding hydrogens is 348 g/mol. The van der Waals surface area contributed by atoms with Crippen molar-refractivity contribution in [3.63, 3.8) is 0 Å². The minimum Gasteiger partial charge on any atom is -0.383 e. The highest BCUT2D eigenvalue weighted by atomic mass is 16.5. The second-order valence-electron chi connectivity index (χ2n) is 6.50. The first kappa shape index (κ1) is 20.7. The van der Waals surface area contributed by atoms with Crippen molar-refractivity contribution < 1.29 is 19.1 Å². The molecule has 0 radical (unpaired) electrons.